The number of quaternary nitrogens is 1. The van der Waals surface area contributed by atoms with Gasteiger partial charge < -0.3 is 39.8 Å². The molecule has 12 nitrogen and oxygen atoms in total. The number of ether oxygens (including phenoxy) is 2. The first-order valence-corrected chi connectivity index (χ1v) is 18.2. The number of piperidine rings is 1. The molecule has 2 amide bonds. The van der Waals surface area contributed by atoms with Crippen LogP contribution in [0.15, 0.2) is 95.8 Å². The highest BCUT2D eigenvalue weighted by atomic mass is 16.6. The second-order valence-corrected chi connectivity index (χ2v) is 14.4. The molecule has 6 rings (SSSR count). The number of phenolic OH excluding ortho intramolecular Hbond substituents is 1. The number of fused-ring (bicyclic) bond motifs is 1. The molecule has 0 radical (unpaired) electrons. The maximum absolute atomic E-state index is 13.1. The Morgan fingerprint density at radius 2 is 1.67 bits per heavy atom. The summed E-state index contributed by atoms with van der Waals surface area (Å²) in [6.45, 7) is 2.53. The zero-order chi connectivity index (χ0) is 38.2. The van der Waals surface area contributed by atoms with Gasteiger partial charge in [0.25, 0.3) is 0 Å². The predicted molar refractivity (Wildman–Crippen MR) is 210 cm³/mol. The third kappa shape index (κ3) is 9.64. The molecular weight excluding hydrogens is 686 g/mol. The number of H-pyrrole nitrogens is 1. The molecule has 1 aliphatic rings. The van der Waals surface area contributed by atoms with Gasteiger partial charge in [0.05, 0.1) is 57.3 Å². The summed E-state index contributed by atoms with van der Waals surface area (Å²) in [5.74, 6) is 0.237. The number of carbonyl (C=O) groups excluding carboxylic acids is 2. The molecule has 282 valence electrons. The van der Waals surface area contributed by atoms with Gasteiger partial charge in [-0.15, -0.1) is 0 Å². The monoisotopic (exact) mass is 734 g/mol. The number of benzene rings is 4. The van der Waals surface area contributed by atoms with Gasteiger partial charge in [-0.25, -0.2) is 4.79 Å². The molecule has 5 aromatic rings. The van der Waals surface area contributed by atoms with Crippen LogP contribution in [0.3, 0.4) is 0 Å². The highest BCUT2D eigenvalue weighted by Gasteiger charge is 2.28. The fraction of sp³-hybridized carbons (Fsp3) is 0.310. The number of rotatable bonds is 13. The van der Waals surface area contributed by atoms with Crippen molar-refractivity contribution in [2.45, 2.75) is 44.4 Å². The van der Waals surface area contributed by atoms with E-state index in [1.54, 1.807) is 18.2 Å². The van der Waals surface area contributed by atoms with Gasteiger partial charge in [0, 0.05) is 49.4 Å². The second-order valence-electron chi connectivity index (χ2n) is 14.4. The van der Waals surface area contributed by atoms with Crippen molar-refractivity contribution in [3.8, 4) is 22.6 Å². The number of pyridine rings is 1. The Bertz CT molecular complexity index is 2160. The van der Waals surface area contributed by atoms with Crippen LogP contribution in [0.25, 0.3) is 22.0 Å². The molecule has 54 heavy (non-hydrogen) atoms. The Hall–Kier alpha value is -5.69. The van der Waals surface area contributed by atoms with Crippen molar-refractivity contribution in [3.05, 3.63) is 118 Å². The number of nitrogens with one attached hydrogen (secondary N) is 4. The Labute approximate surface area is 314 Å². The molecule has 1 aromatic heterocycles. The van der Waals surface area contributed by atoms with Crippen LogP contribution < -0.4 is 26.2 Å². The lowest BCUT2D eigenvalue weighted by molar-refractivity contribution is -0.896. The Balaban J connectivity index is 1.05. The van der Waals surface area contributed by atoms with Gasteiger partial charge in [0.2, 0.25) is 11.5 Å². The number of aromatic hydroxyl groups is 1. The van der Waals surface area contributed by atoms with Crippen molar-refractivity contribution >= 4 is 34.3 Å². The van der Waals surface area contributed by atoms with Crippen molar-refractivity contribution in [2.75, 3.05) is 51.5 Å². The van der Waals surface area contributed by atoms with E-state index in [9.17, 15) is 24.6 Å². The first kappa shape index (κ1) is 38.0. The van der Waals surface area contributed by atoms with Gasteiger partial charge in [-0.3, -0.25) is 14.9 Å². The molecule has 1 fully saturated rings. The van der Waals surface area contributed by atoms with E-state index in [4.69, 9.17) is 9.47 Å². The molecule has 0 unspecified atom stereocenters. The van der Waals surface area contributed by atoms with E-state index in [0.29, 0.717) is 41.0 Å². The van der Waals surface area contributed by atoms with Gasteiger partial charge in [0.1, 0.15) is 17.6 Å². The van der Waals surface area contributed by atoms with Gasteiger partial charge in [-0.2, -0.15) is 0 Å². The molecule has 0 spiro atoms. The van der Waals surface area contributed by atoms with Crippen LogP contribution in [-0.4, -0.2) is 78.6 Å². The van der Waals surface area contributed by atoms with Gasteiger partial charge in [-0.05, 0) is 59.0 Å². The summed E-state index contributed by atoms with van der Waals surface area (Å²) in [5.41, 5.74) is 5.25. The Morgan fingerprint density at radius 3 is 2.43 bits per heavy atom. The number of likely N-dealkylation sites (tertiary alicyclic amines) is 1. The molecule has 2 heterocycles. The average molecular weight is 735 g/mol. The van der Waals surface area contributed by atoms with Gasteiger partial charge in [0.15, 0.2) is 0 Å². The lowest BCUT2D eigenvalue weighted by atomic mass is 9.99. The van der Waals surface area contributed by atoms with Crippen LogP contribution >= 0.6 is 0 Å². The summed E-state index contributed by atoms with van der Waals surface area (Å²) in [6.07, 6.45) is 0.788. The molecular formula is C42H48N5O7+. The van der Waals surface area contributed by atoms with Crippen LogP contribution in [0, 0.1) is 0 Å². The molecule has 1 saturated heterocycles. The number of aromatic amines is 1. The van der Waals surface area contributed by atoms with Crippen LogP contribution in [0.5, 0.6) is 11.5 Å². The largest absolute Gasteiger partial charge is 0.506 e. The van der Waals surface area contributed by atoms with Crippen molar-refractivity contribution < 1.29 is 33.8 Å². The lowest BCUT2D eigenvalue weighted by Crippen LogP contribution is -2.48. The number of hydrogen-bond donors (Lipinski definition) is 6. The minimum atomic E-state index is -0.900. The zero-order valence-electron chi connectivity index (χ0n) is 30.9. The highest BCUT2D eigenvalue weighted by molar-refractivity contribution is 5.93. The number of amides is 2. The van der Waals surface area contributed by atoms with E-state index < -0.39 is 12.2 Å². The number of aliphatic hydroxyl groups excluding tert-OH is 1. The fourth-order valence-corrected chi connectivity index (χ4v) is 6.80. The topological polar surface area (TPSA) is 162 Å². The fourth-order valence-electron chi connectivity index (χ4n) is 6.80. The minimum Gasteiger partial charge on any atom is -0.506 e. The van der Waals surface area contributed by atoms with Crippen molar-refractivity contribution in [1.82, 2.24) is 10.3 Å². The molecule has 0 aliphatic carbocycles. The Morgan fingerprint density at radius 1 is 0.907 bits per heavy atom. The summed E-state index contributed by atoms with van der Waals surface area (Å²) < 4.78 is 12.3. The van der Waals surface area contributed by atoms with Crippen molar-refractivity contribution in [1.29, 1.82) is 0 Å². The second kappa shape index (κ2) is 17.0. The van der Waals surface area contributed by atoms with Crippen LogP contribution in [0.1, 0.15) is 42.1 Å². The molecule has 0 bridgehead atoms. The molecule has 6 N–H and O–H groups in total. The lowest BCUT2D eigenvalue weighted by Gasteiger charge is -2.36. The highest BCUT2D eigenvalue weighted by Crippen LogP contribution is 2.32. The number of methoxy groups -OCH3 is 1. The predicted octanol–water partition coefficient (Wildman–Crippen LogP) is 6.09. The molecule has 0 saturated carbocycles. The van der Waals surface area contributed by atoms with Gasteiger partial charge >= 0.3 is 6.09 Å². The van der Waals surface area contributed by atoms with E-state index in [-0.39, 0.29) is 41.8 Å². The summed E-state index contributed by atoms with van der Waals surface area (Å²) in [5, 5.41) is 30.8. The number of aryl methyl sites for hydroxylation is 1. The maximum atomic E-state index is 13.1. The number of nitrogens with zero attached hydrogens (tertiary/aromatic N) is 1. The number of aromatic nitrogens is 1. The normalized spacial score (nSPS) is 14.7. The summed E-state index contributed by atoms with van der Waals surface area (Å²) in [4.78, 5) is 40.5. The molecule has 4 aromatic carbocycles. The van der Waals surface area contributed by atoms with E-state index in [1.165, 1.54) is 19.2 Å². The van der Waals surface area contributed by atoms with E-state index >= 15 is 0 Å². The first-order valence-electron chi connectivity index (χ1n) is 18.2. The smallest absolute Gasteiger partial charge is 0.411 e. The minimum absolute atomic E-state index is 0.0673. The summed E-state index contributed by atoms with van der Waals surface area (Å²) in [7, 11) is 5.91. The average Bonchev–Trinajstić information content (AvgIpc) is 3.16. The van der Waals surface area contributed by atoms with Crippen LogP contribution in [0.2, 0.25) is 0 Å². The summed E-state index contributed by atoms with van der Waals surface area (Å²) in [6, 6.07) is 27.1. The number of hydrogen-bond acceptors (Lipinski definition) is 8. The maximum Gasteiger partial charge on any atom is 0.411 e. The van der Waals surface area contributed by atoms with Crippen LogP contribution in [-0.2, 0) is 22.5 Å². The number of carbonyl (C=O) groups is 2. The molecule has 12 heteroatoms. The molecule has 1 atom stereocenters. The third-order valence-electron chi connectivity index (χ3n) is 9.91. The van der Waals surface area contributed by atoms with Crippen molar-refractivity contribution in [2.24, 2.45) is 0 Å². The summed E-state index contributed by atoms with van der Waals surface area (Å²) >= 11 is 0. The van der Waals surface area contributed by atoms with E-state index in [1.807, 2.05) is 60.7 Å². The van der Waals surface area contributed by atoms with E-state index in [2.05, 4.69) is 35.0 Å². The van der Waals surface area contributed by atoms with Gasteiger partial charge in [-0.1, -0.05) is 54.6 Å². The standard InChI is InChI=1S/C42H47N5O7/c1-47(2)21-19-30(20-22-47)54-42(52)45-35-23-27(9-12-31(35)29-7-5-4-6-8-29)11-17-39(50)44-34-15-10-28(24-38(34)53-3)25-43-26-37(49)32-13-16-36(48)41-33(32)14-18-40(51)46-41/h4-10,12-16,18,23-24,30,37,43,49H,11,17,19-22,25-26H2,1-3H3,(H3-,44,45,46,48,50,51,52)/p+1/t37-/m0/s1. The molecule has 1 aliphatic heterocycles. The van der Waals surface area contributed by atoms with Crippen LogP contribution in [0.4, 0.5) is 16.2 Å². The zero-order valence-corrected chi connectivity index (χ0v) is 30.9. The number of anilines is 2. The number of aliphatic hydroxyl groups is 1. The third-order valence-corrected chi connectivity index (χ3v) is 9.91. The first-order chi connectivity index (χ1) is 26.0. The Kier molecular flexibility index (Phi) is 12.0. The number of phenols is 1. The quantitative estimate of drug-likeness (QED) is 0.0793. The van der Waals surface area contributed by atoms with Crippen molar-refractivity contribution in [3.63, 3.8) is 0 Å². The SMILES string of the molecule is COc1cc(CNC[C@H](O)c2ccc(O)c3[nH]c(=O)ccc23)ccc1NC(=O)CCc1ccc(-c2ccccc2)c(NC(=O)OC2CC[N+](C)(C)CC2)c1. The van der Waals surface area contributed by atoms with E-state index in [0.717, 1.165) is 52.7 Å².